The van der Waals surface area contributed by atoms with Crippen LogP contribution >= 0.6 is 0 Å². The quantitative estimate of drug-likeness (QED) is 0.335. The monoisotopic (exact) mass is 391 g/mol. The molecular weight excluding hydrogens is 362 g/mol. The summed E-state index contributed by atoms with van der Waals surface area (Å²) in [6.45, 7) is 8.81. The standard InChI is InChI=1S/C22H25NO.C3H4O2/c1-4-5-9-16-22(18(2)17-23,19-10-7-6-8-11-19)20-12-14-21(24-3)15-13-20;1-2-3(4)5/h4,6-8,10-15,18H,1,5,9,16H2,2-3H3;2H,1H2,(H,4,5). The van der Waals surface area contributed by atoms with Crippen molar-refractivity contribution in [2.75, 3.05) is 7.11 Å². The number of carboxylic acids is 1. The van der Waals surface area contributed by atoms with E-state index in [0.29, 0.717) is 0 Å². The van der Waals surface area contributed by atoms with E-state index < -0.39 is 5.97 Å². The van der Waals surface area contributed by atoms with E-state index in [9.17, 15) is 10.1 Å². The third kappa shape index (κ3) is 6.36. The second kappa shape index (κ2) is 12.2. The molecule has 0 saturated heterocycles. The summed E-state index contributed by atoms with van der Waals surface area (Å²) in [5.41, 5.74) is 2.02. The van der Waals surface area contributed by atoms with Crippen LogP contribution in [0, 0.1) is 17.2 Å². The molecule has 2 rings (SSSR count). The minimum Gasteiger partial charge on any atom is -0.497 e. The zero-order chi connectivity index (χ0) is 21.7. The number of allylic oxidation sites excluding steroid dienone is 1. The number of carbonyl (C=O) groups is 1. The zero-order valence-corrected chi connectivity index (χ0v) is 17.2. The number of hydrogen-bond acceptors (Lipinski definition) is 3. The van der Waals surface area contributed by atoms with Crippen molar-refractivity contribution in [3.05, 3.63) is 91.0 Å². The lowest BCUT2D eigenvalue weighted by molar-refractivity contribution is -0.131. The lowest BCUT2D eigenvalue weighted by atomic mass is 9.64. The van der Waals surface area contributed by atoms with Crippen molar-refractivity contribution in [3.8, 4) is 11.8 Å². The van der Waals surface area contributed by atoms with Gasteiger partial charge < -0.3 is 9.84 Å². The van der Waals surface area contributed by atoms with Gasteiger partial charge in [0.05, 0.1) is 19.1 Å². The molecule has 0 spiro atoms. The van der Waals surface area contributed by atoms with Gasteiger partial charge in [-0.3, -0.25) is 0 Å². The lowest BCUT2D eigenvalue weighted by Gasteiger charge is -2.38. The summed E-state index contributed by atoms with van der Waals surface area (Å²) < 4.78 is 5.29. The van der Waals surface area contributed by atoms with Gasteiger partial charge in [-0.05, 0) is 49.4 Å². The molecule has 0 aliphatic heterocycles. The van der Waals surface area contributed by atoms with Gasteiger partial charge in [-0.1, -0.05) is 55.1 Å². The van der Waals surface area contributed by atoms with Gasteiger partial charge in [0.15, 0.2) is 0 Å². The van der Waals surface area contributed by atoms with E-state index in [1.807, 2.05) is 43.3 Å². The third-order valence-corrected chi connectivity index (χ3v) is 4.98. The molecule has 0 saturated carbocycles. The number of nitrogens with zero attached hydrogens (tertiary/aromatic N) is 1. The molecule has 0 radical (unpaired) electrons. The van der Waals surface area contributed by atoms with Gasteiger partial charge in [-0.2, -0.15) is 5.26 Å². The fourth-order valence-electron chi connectivity index (χ4n) is 3.43. The number of unbranched alkanes of at least 4 members (excludes halogenated alkanes) is 1. The second-order valence-corrected chi connectivity index (χ2v) is 6.64. The van der Waals surface area contributed by atoms with E-state index in [1.165, 1.54) is 5.56 Å². The number of aliphatic carboxylic acids is 1. The molecule has 2 aromatic carbocycles. The number of hydrogen-bond donors (Lipinski definition) is 1. The fourth-order valence-corrected chi connectivity index (χ4v) is 3.43. The predicted molar refractivity (Wildman–Crippen MR) is 117 cm³/mol. The molecule has 0 heterocycles. The second-order valence-electron chi connectivity index (χ2n) is 6.64. The zero-order valence-electron chi connectivity index (χ0n) is 17.2. The van der Waals surface area contributed by atoms with Crippen LogP contribution in [0.3, 0.4) is 0 Å². The first-order valence-electron chi connectivity index (χ1n) is 9.52. The third-order valence-electron chi connectivity index (χ3n) is 4.98. The Kier molecular flexibility index (Phi) is 9.98. The topological polar surface area (TPSA) is 70.3 Å². The lowest BCUT2D eigenvalue weighted by Crippen LogP contribution is -2.34. The minimum absolute atomic E-state index is 0.141. The fraction of sp³-hybridized carbons (Fsp3) is 0.280. The molecule has 4 nitrogen and oxygen atoms in total. The van der Waals surface area contributed by atoms with E-state index in [4.69, 9.17) is 9.84 Å². The van der Waals surface area contributed by atoms with Gasteiger partial charge in [0.2, 0.25) is 0 Å². The highest BCUT2D eigenvalue weighted by atomic mass is 16.5. The van der Waals surface area contributed by atoms with Crippen LogP contribution in [0.2, 0.25) is 0 Å². The van der Waals surface area contributed by atoms with Crippen LogP contribution in [0.1, 0.15) is 37.3 Å². The molecule has 29 heavy (non-hydrogen) atoms. The largest absolute Gasteiger partial charge is 0.497 e. The predicted octanol–water partition coefficient (Wildman–Crippen LogP) is 5.75. The molecule has 2 unspecified atom stereocenters. The molecule has 0 aliphatic carbocycles. The Hall–Kier alpha value is -3.32. The average molecular weight is 392 g/mol. The van der Waals surface area contributed by atoms with Gasteiger partial charge in [0.25, 0.3) is 0 Å². The Balaban J connectivity index is 0.000000749. The van der Waals surface area contributed by atoms with Crippen molar-refractivity contribution in [1.82, 2.24) is 0 Å². The highest BCUT2D eigenvalue weighted by Gasteiger charge is 2.39. The Morgan fingerprint density at radius 1 is 1.17 bits per heavy atom. The Morgan fingerprint density at radius 2 is 1.72 bits per heavy atom. The number of methoxy groups -OCH3 is 1. The first kappa shape index (κ1) is 23.7. The average Bonchev–Trinajstić information content (AvgIpc) is 2.77. The first-order chi connectivity index (χ1) is 14.0. The first-order valence-corrected chi connectivity index (χ1v) is 9.52. The van der Waals surface area contributed by atoms with Crippen LogP contribution in [-0.4, -0.2) is 18.2 Å². The normalized spacial score (nSPS) is 12.9. The maximum Gasteiger partial charge on any atom is 0.327 e. The molecule has 1 N–H and O–H groups in total. The van der Waals surface area contributed by atoms with Gasteiger partial charge in [0.1, 0.15) is 5.75 Å². The number of benzene rings is 2. The summed E-state index contributed by atoms with van der Waals surface area (Å²) in [6.07, 6.45) is 5.63. The van der Waals surface area contributed by atoms with Crippen molar-refractivity contribution >= 4 is 5.97 Å². The summed E-state index contributed by atoms with van der Waals surface area (Å²) in [5, 5.41) is 17.4. The van der Waals surface area contributed by atoms with Gasteiger partial charge in [-0.15, -0.1) is 6.58 Å². The highest BCUT2D eigenvalue weighted by molar-refractivity contribution is 5.78. The van der Waals surface area contributed by atoms with E-state index >= 15 is 0 Å². The summed E-state index contributed by atoms with van der Waals surface area (Å²) in [6, 6.07) is 21.0. The van der Waals surface area contributed by atoms with E-state index in [1.54, 1.807) is 7.11 Å². The van der Waals surface area contributed by atoms with Gasteiger partial charge in [0, 0.05) is 11.5 Å². The van der Waals surface area contributed by atoms with Crippen LogP contribution in [0.25, 0.3) is 0 Å². The van der Waals surface area contributed by atoms with Crippen LogP contribution in [0.4, 0.5) is 0 Å². The van der Waals surface area contributed by atoms with E-state index in [2.05, 4.69) is 43.5 Å². The molecule has 0 aliphatic rings. The van der Waals surface area contributed by atoms with E-state index in [0.717, 1.165) is 36.7 Å². The Labute approximate surface area is 173 Å². The molecule has 4 heteroatoms. The molecule has 2 atom stereocenters. The molecular formula is C25H29NO3. The van der Waals surface area contributed by atoms with Crippen molar-refractivity contribution in [1.29, 1.82) is 5.26 Å². The van der Waals surface area contributed by atoms with Crippen LogP contribution < -0.4 is 4.74 Å². The van der Waals surface area contributed by atoms with Crippen molar-refractivity contribution in [3.63, 3.8) is 0 Å². The van der Waals surface area contributed by atoms with E-state index in [-0.39, 0.29) is 11.3 Å². The smallest absolute Gasteiger partial charge is 0.327 e. The summed E-state index contributed by atoms with van der Waals surface area (Å²) in [4.78, 5) is 9.25. The number of nitriles is 1. The Bertz CT molecular complexity index is 821. The molecule has 0 amide bonds. The summed E-state index contributed by atoms with van der Waals surface area (Å²) in [7, 11) is 1.67. The summed E-state index contributed by atoms with van der Waals surface area (Å²) in [5.74, 6) is -0.292. The maximum absolute atomic E-state index is 9.76. The van der Waals surface area contributed by atoms with Crippen molar-refractivity contribution in [2.24, 2.45) is 5.92 Å². The van der Waals surface area contributed by atoms with Crippen LogP contribution in [0.15, 0.2) is 79.9 Å². The Morgan fingerprint density at radius 3 is 2.17 bits per heavy atom. The molecule has 0 fully saturated rings. The van der Waals surface area contributed by atoms with Crippen LogP contribution in [-0.2, 0) is 10.2 Å². The van der Waals surface area contributed by atoms with Gasteiger partial charge in [-0.25, -0.2) is 4.79 Å². The molecule has 0 bridgehead atoms. The van der Waals surface area contributed by atoms with Gasteiger partial charge >= 0.3 is 5.97 Å². The molecule has 152 valence electrons. The number of rotatable bonds is 9. The molecule has 0 aromatic heterocycles. The van der Waals surface area contributed by atoms with Crippen molar-refractivity contribution in [2.45, 2.75) is 31.6 Å². The van der Waals surface area contributed by atoms with Crippen molar-refractivity contribution < 1.29 is 14.6 Å². The SMILES string of the molecule is C=CC(=O)O.C=CCCCC(c1ccccc1)(c1ccc(OC)cc1)C(C)C#N. The minimum atomic E-state index is -0.981. The number of carboxylic acid groups (broad SMARTS) is 1. The van der Waals surface area contributed by atoms with Crippen LogP contribution in [0.5, 0.6) is 5.75 Å². The highest BCUT2D eigenvalue weighted by Crippen LogP contribution is 2.44. The maximum atomic E-state index is 9.76. The molecule has 2 aromatic rings. The number of ether oxygens (including phenoxy) is 1. The summed E-state index contributed by atoms with van der Waals surface area (Å²) >= 11 is 0.